The molecule has 0 bridgehead atoms. The lowest BCUT2D eigenvalue weighted by Crippen LogP contribution is -2.48. The molecule has 1 fully saturated rings. The van der Waals surface area contributed by atoms with Crippen molar-refractivity contribution in [2.75, 3.05) is 26.7 Å². The van der Waals surface area contributed by atoms with Crippen molar-refractivity contribution >= 4 is 28.1 Å². The quantitative estimate of drug-likeness (QED) is 0.239. The van der Waals surface area contributed by atoms with Crippen LogP contribution < -0.4 is 16.0 Å². The van der Waals surface area contributed by atoms with Crippen molar-refractivity contribution in [3.8, 4) is 17.6 Å². The van der Waals surface area contributed by atoms with E-state index in [1.807, 2.05) is 23.0 Å². The summed E-state index contributed by atoms with van der Waals surface area (Å²) in [7, 11) is 1.56. The van der Waals surface area contributed by atoms with Gasteiger partial charge < -0.3 is 10.5 Å². The molecule has 0 spiro atoms. The number of fused-ring (bicyclic) bond motifs is 1. The van der Waals surface area contributed by atoms with Gasteiger partial charge in [-0.1, -0.05) is 17.9 Å². The van der Waals surface area contributed by atoms with E-state index in [-0.39, 0.29) is 13.0 Å². The van der Waals surface area contributed by atoms with Crippen LogP contribution in [0.15, 0.2) is 41.9 Å². The molecule has 3 heterocycles. The summed E-state index contributed by atoms with van der Waals surface area (Å²) in [6.45, 7) is 2.05. The van der Waals surface area contributed by atoms with Crippen LogP contribution >= 0.6 is 11.3 Å². The zero-order valence-corrected chi connectivity index (χ0v) is 21.1. The van der Waals surface area contributed by atoms with Gasteiger partial charge in [0.2, 0.25) is 5.91 Å². The van der Waals surface area contributed by atoms with E-state index >= 15 is 4.39 Å². The van der Waals surface area contributed by atoms with Gasteiger partial charge in [0.1, 0.15) is 11.9 Å². The van der Waals surface area contributed by atoms with Gasteiger partial charge in [-0.25, -0.2) is 9.87 Å². The van der Waals surface area contributed by atoms with Crippen molar-refractivity contribution in [3.63, 3.8) is 0 Å². The van der Waals surface area contributed by atoms with E-state index in [9.17, 15) is 10.0 Å². The number of ether oxygens (including phenoxy) is 1. The Morgan fingerprint density at radius 3 is 2.86 bits per heavy atom. The number of carbonyl (C=O) groups is 1. The van der Waals surface area contributed by atoms with Crippen LogP contribution in [0.4, 0.5) is 4.39 Å². The number of hydrogen-bond acceptors (Lipinski definition) is 7. The molecule has 36 heavy (non-hydrogen) atoms. The molecule has 1 unspecified atom stereocenters. The lowest BCUT2D eigenvalue weighted by molar-refractivity contribution is -0.143. The molecule has 4 N–H and O–H groups in total. The molecule has 2 aromatic heterocycles. The Morgan fingerprint density at radius 1 is 1.39 bits per heavy atom. The van der Waals surface area contributed by atoms with Crippen LogP contribution in [0.25, 0.3) is 10.9 Å². The zero-order valence-electron chi connectivity index (χ0n) is 20.3. The van der Waals surface area contributed by atoms with E-state index in [0.717, 1.165) is 4.88 Å². The summed E-state index contributed by atoms with van der Waals surface area (Å²) in [5.74, 6) is 6.49. The number of amides is 1. The summed E-state index contributed by atoms with van der Waals surface area (Å²) in [5.41, 5.74) is 8.68. The maximum Gasteiger partial charge on any atom is 0.249 e. The Balaban J connectivity index is 1.48. The normalized spacial score (nSPS) is 16.2. The third kappa shape index (κ3) is 5.68. The van der Waals surface area contributed by atoms with Crippen LogP contribution in [0.1, 0.15) is 47.9 Å². The highest BCUT2D eigenvalue weighted by atomic mass is 32.1. The van der Waals surface area contributed by atoms with Gasteiger partial charge in [0.15, 0.2) is 0 Å². The largest absolute Gasteiger partial charge is 0.497 e. The van der Waals surface area contributed by atoms with Crippen LogP contribution in [0.2, 0.25) is 0 Å². The summed E-state index contributed by atoms with van der Waals surface area (Å²) < 4.78 is 21.2. The number of hydrogen-bond donors (Lipinski definition) is 3. The summed E-state index contributed by atoms with van der Waals surface area (Å²) in [6, 6.07) is 9.30. The van der Waals surface area contributed by atoms with Gasteiger partial charge in [-0.15, -0.1) is 11.3 Å². The number of nitrogens with two attached hydrogens (primary N) is 1. The number of benzene rings is 1. The van der Waals surface area contributed by atoms with Gasteiger partial charge in [0.05, 0.1) is 29.5 Å². The minimum absolute atomic E-state index is 0.120. The minimum atomic E-state index is -1.35. The highest BCUT2D eigenvalue weighted by molar-refractivity contribution is 7.10. The molecular formula is C27H31FN4O3S. The van der Waals surface area contributed by atoms with Gasteiger partial charge in [-0.05, 0) is 60.9 Å². The first-order valence-electron chi connectivity index (χ1n) is 12.0. The van der Waals surface area contributed by atoms with Gasteiger partial charge in [0.25, 0.3) is 0 Å². The third-order valence-electron chi connectivity index (χ3n) is 7.04. The van der Waals surface area contributed by atoms with Crippen LogP contribution in [0.5, 0.6) is 5.75 Å². The van der Waals surface area contributed by atoms with Gasteiger partial charge >= 0.3 is 0 Å². The molecular weight excluding hydrogens is 479 g/mol. The highest BCUT2D eigenvalue weighted by Crippen LogP contribution is 2.41. The third-order valence-corrected chi connectivity index (χ3v) is 7.83. The molecule has 1 saturated heterocycles. The van der Waals surface area contributed by atoms with Gasteiger partial charge in [-0.2, -0.15) is 0 Å². The van der Waals surface area contributed by atoms with E-state index in [1.165, 1.54) is 0 Å². The van der Waals surface area contributed by atoms with Crippen molar-refractivity contribution in [2.24, 2.45) is 11.1 Å². The first-order valence-corrected chi connectivity index (χ1v) is 12.9. The Kier molecular flexibility index (Phi) is 8.54. The SMILES string of the molecule is COc1ccc2ncc(CN)c(C(F)CCC3(C(=O)NO)CCN(CC#Cc4cccs4)CC3)c2c1. The lowest BCUT2D eigenvalue weighted by atomic mass is 9.73. The number of thiophene rings is 1. The van der Waals surface area contributed by atoms with E-state index in [1.54, 1.807) is 42.8 Å². The number of carbonyl (C=O) groups excluding carboxylic acids is 1. The first kappa shape index (κ1) is 26.0. The Labute approximate surface area is 214 Å². The highest BCUT2D eigenvalue weighted by Gasteiger charge is 2.41. The molecule has 3 aromatic rings. The molecule has 0 aliphatic carbocycles. The Hall–Kier alpha value is -3.03. The predicted molar refractivity (Wildman–Crippen MR) is 139 cm³/mol. The molecule has 0 saturated carbocycles. The second kappa shape index (κ2) is 11.8. The number of likely N-dealkylation sites (tertiary alicyclic amines) is 1. The number of rotatable bonds is 8. The number of nitrogens with zero attached hydrogens (tertiary/aromatic N) is 2. The molecule has 1 atom stereocenters. The summed E-state index contributed by atoms with van der Waals surface area (Å²) in [5, 5.41) is 12.1. The number of alkyl halides is 1. The second-order valence-corrected chi connectivity index (χ2v) is 10.0. The number of nitrogens with one attached hydrogen (secondary N) is 1. The number of aromatic nitrogens is 1. The van der Waals surface area contributed by atoms with Crippen molar-refractivity contribution in [1.29, 1.82) is 0 Å². The van der Waals surface area contributed by atoms with Crippen LogP contribution in [0.3, 0.4) is 0 Å². The van der Waals surface area contributed by atoms with Gasteiger partial charge in [-0.3, -0.25) is 19.9 Å². The van der Waals surface area contributed by atoms with E-state index in [2.05, 4.69) is 21.7 Å². The molecule has 1 aliphatic heterocycles. The Morgan fingerprint density at radius 2 is 2.19 bits per heavy atom. The summed E-state index contributed by atoms with van der Waals surface area (Å²) >= 11 is 1.60. The van der Waals surface area contributed by atoms with Crippen LogP contribution in [-0.4, -0.2) is 47.7 Å². The minimum Gasteiger partial charge on any atom is -0.497 e. The van der Waals surface area contributed by atoms with Crippen molar-refractivity contribution in [3.05, 3.63) is 57.9 Å². The fourth-order valence-electron chi connectivity index (χ4n) is 4.88. The maximum absolute atomic E-state index is 15.9. The van der Waals surface area contributed by atoms with Crippen molar-refractivity contribution in [2.45, 2.75) is 38.4 Å². The molecule has 4 rings (SSSR count). The average molecular weight is 511 g/mol. The number of piperidine rings is 1. The fraction of sp³-hybridized carbons (Fsp3) is 0.407. The molecule has 0 radical (unpaired) electrons. The van der Waals surface area contributed by atoms with E-state index < -0.39 is 17.5 Å². The molecule has 1 aliphatic rings. The zero-order chi connectivity index (χ0) is 25.5. The number of halogens is 1. The number of hydroxylamine groups is 1. The van der Waals surface area contributed by atoms with Crippen molar-refractivity contribution < 1.29 is 19.1 Å². The maximum atomic E-state index is 15.9. The number of methoxy groups -OCH3 is 1. The van der Waals surface area contributed by atoms with Gasteiger partial charge in [0, 0.05) is 36.8 Å². The monoisotopic (exact) mass is 510 g/mol. The molecule has 190 valence electrons. The number of pyridine rings is 1. The Bertz CT molecular complexity index is 1240. The van der Waals surface area contributed by atoms with E-state index in [0.29, 0.717) is 66.7 Å². The van der Waals surface area contributed by atoms with Crippen LogP contribution in [-0.2, 0) is 11.3 Å². The molecule has 7 nitrogen and oxygen atoms in total. The predicted octanol–water partition coefficient (Wildman–Crippen LogP) is 4.19. The van der Waals surface area contributed by atoms with Crippen molar-refractivity contribution in [1.82, 2.24) is 15.4 Å². The summed E-state index contributed by atoms with van der Waals surface area (Å²) in [6.07, 6.45) is 1.72. The smallest absolute Gasteiger partial charge is 0.249 e. The van der Waals surface area contributed by atoms with E-state index in [4.69, 9.17) is 10.5 Å². The summed E-state index contributed by atoms with van der Waals surface area (Å²) in [4.78, 5) is 20.4. The first-order chi connectivity index (χ1) is 17.5. The average Bonchev–Trinajstić information content (AvgIpc) is 3.44. The molecule has 1 aromatic carbocycles. The molecule has 9 heteroatoms. The lowest BCUT2D eigenvalue weighted by Gasteiger charge is -2.40. The second-order valence-electron chi connectivity index (χ2n) is 9.07. The fourth-order valence-corrected chi connectivity index (χ4v) is 5.47. The van der Waals surface area contributed by atoms with Crippen LogP contribution in [0, 0.1) is 17.3 Å². The molecule has 1 amide bonds. The standard InChI is InChI=1S/C27H31FN4O3S/c1-35-20-6-7-24-22(16-20)25(19(17-29)18-30-24)23(28)8-9-27(26(33)31-34)10-13-32(14-11-27)12-2-4-21-5-3-15-36-21/h3,5-7,15-16,18,23,34H,8-14,17,29H2,1H3,(H,31,33). The topological polar surface area (TPSA) is 101 Å².